The molecule has 0 saturated carbocycles. The molecule has 0 bridgehead atoms. The molecule has 0 saturated heterocycles. The SMILES string of the molecule is CCCCc1ccc(COc2cn[nH]c(=O)c2Cl)cc1. The third-order valence-corrected chi connectivity index (χ3v) is 3.36. The van der Waals surface area contributed by atoms with Gasteiger partial charge in [0.1, 0.15) is 6.61 Å². The molecule has 4 nitrogen and oxygen atoms in total. The summed E-state index contributed by atoms with van der Waals surface area (Å²) >= 11 is 5.83. The van der Waals surface area contributed by atoms with Gasteiger partial charge in [0.2, 0.25) is 0 Å². The Balaban J connectivity index is 1.97. The molecular formula is C15H17ClN2O2. The van der Waals surface area contributed by atoms with Gasteiger partial charge in [-0.2, -0.15) is 5.10 Å². The zero-order valence-corrected chi connectivity index (χ0v) is 12.1. The van der Waals surface area contributed by atoms with E-state index in [0.717, 1.165) is 12.0 Å². The average Bonchev–Trinajstić information content (AvgIpc) is 2.48. The van der Waals surface area contributed by atoms with Gasteiger partial charge in [-0.05, 0) is 24.0 Å². The summed E-state index contributed by atoms with van der Waals surface area (Å²) in [6.07, 6.45) is 4.89. The number of rotatable bonds is 6. The maximum Gasteiger partial charge on any atom is 0.286 e. The van der Waals surface area contributed by atoms with Crippen molar-refractivity contribution in [3.63, 3.8) is 0 Å². The topological polar surface area (TPSA) is 55.0 Å². The summed E-state index contributed by atoms with van der Waals surface area (Å²) in [6.45, 7) is 2.54. The number of aromatic amines is 1. The second-order valence-electron chi connectivity index (χ2n) is 4.59. The van der Waals surface area contributed by atoms with Crippen LogP contribution < -0.4 is 10.3 Å². The largest absolute Gasteiger partial charge is 0.485 e. The molecule has 5 heteroatoms. The molecule has 0 unspecified atom stereocenters. The van der Waals surface area contributed by atoms with Gasteiger partial charge in [-0.25, -0.2) is 5.10 Å². The van der Waals surface area contributed by atoms with Crippen LogP contribution in [-0.2, 0) is 13.0 Å². The van der Waals surface area contributed by atoms with Gasteiger partial charge in [-0.1, -0.05) is 49.2 Å². The van der Waals surface area contributed by atoms with Crippen molar-refractivity contribution in [1.29, 1.82) is 0 Å². The Labute approximate surface area is 122 Å². The predicted molar refractivity (Wildman–Crippen MR) is 79.3 cm³/mol. The van der Waals surface area contributed by atoms with E-state index in [0.29, 0.717) is 12.4 Å². The highest BCUT2D eigenvalue weighted by molar-refractivity contribution is 6.31. The van der Waals surface area contributed by atoms with Crippen molar-refractivity contribution >= 4 is 11.6 Å². The van der Waals surface area contributed by atoms with E-state index in [1.165, 1.54) is 24.6 Å². The fourth-order valence-corrected chi connectivity index (χ4v) is 1.96. The Kier molecular flexibility index (Phi) is 5.18. The van der Waals surface area contributed by atoms with E-state index in [-0.39, 0.29) is 5.02 Å². The standard InChI is InChI=1S/C15H17ClN2O2/c1-2-3-4-11-5-7-12(8-6-11)10-20-13-9-17-18-15(19)14(13)16/h5-9H,2-4,10H2,1H3,(H,18,19). The van der Waals surface area contributed by atoms with Crippen LogP contribution in [0, 0.1) is 0 Å². The third kappa shape index (κ3) is 3.84. The van der Waals surface area contributed by atoms with Crippen LogP contribution in [-0.4, -0.2) is 10.2 Å². The fourth-order valence-electron chi connectivity index (χ4n) is 1.81. The summed E-state index contributed by atoms with van der Waals surface area (Å²) in [5, 5.41) is 5.93. The van der Waals surface area contributed by atoms with Crippen LogP contribution in [0.2, 0.25) is 5.02 Å². The number of ether oxygens (including phenoxy) is 1. The molecule has 0 aliphatic rings. The van der Waals surface area contributed by atoms with E-state index < -0.39 is 5.56 Å². The van der Waals surface area contributed by atoms with Gasteiger partial charge < -0.3 is 4.74 Å². The van der Waals surface area contributed by atoms with Gasteiger partial charge in [0, 0.05) is 0 Å². The van der Waals surface area contributed by atoms with Gasteiger partial charge in [0.05, 0.1) is 6.20 Å². The van der Waals surface area contributed by atoms with Crippen LogP contribution in [0.25, 0.3) is 0 Å². The van der Waals surface area contributed by atoms with E-state index in [2.05, 4.69) is 29.3 Å². The molecule has 2 aromatic rings. The van der Waals surface area contributed by atoms with E-state index in [9.17, 15) is 4.79 Å². The summed E-state index contributed by atoms with van der Waals surface area (Å²) in [6, 6.07) is 8.26. The van der Waals surface area contributed by atoms with Crippen LogP contribution in [0.1, 0.15) is 30.9 Å². The van der Waals surface area contributed by atoms with E-state index in [4.69, 9.17) is 16.3 Å². The van der Waals surface area contributed by atoms with Gasteiger partial charge >= 0.3 is 0 Å². The molecule has 2 rings (SSSR count). The second-order valence-corrected chi connectivity index (χ2v) is 4.96. The third-order valence-electron chi connectivity index (χ3n) is 3.00. The average molecular weight is 293 g/mol. The lowest BCUT2D eigenvalue weighted by molar-refractivity contribution is 0.304. The van der Waals surface area contributed by atoms with E-state index in [1.807, 2.05) is 12.1 Å². The number of hydrogen-bond donors (Lipinski definition) is 1. The van der Waals surface area contributed by atoms with Crippen molar-refractivity contribution in [3.05, 3.63) is 57.0 Å². The number of benzene rings is 1. The maximum absolute atomic E-state index is 11.3. The van der Waals surface area contributed by atoms with E-state index >= 15 is 0 Å². The monoisotopic (exact) mass is 292 g/mol. The number of nitrogens with zero attached hydrogens (tertiary/aromatic N) is 1. The smallest absolute Gasteiger partial charge is 0.286 e. The summed E-state index contributed by atoms with van der Waals surface area (Å²) in [4.78, 5) is 11.3. The summed E-state index contributed by atoms with van der Waals surface area (Å²) in [7, 11) is 0. The Morgan fingerprint density at radius 1 is 1.25 bits per heavy atom. The van der Waals surface area contributed by atoms with Crippen molar-refractivity contribution in [2.75, 3.05) is 0 Å². The number of halogens is 1. The zero-order chi connectivity index (χ0) is 14.4. The first-order valence-electron chi connectivity index (χ1n) is 6.64. The molecule has 1 aromatic carbocycles. The fraction of sp³-hybridized carbons (Fsp3) is 0.333. The first kappa shape index (κ1) is 14.6. The molecule has 0 spiro atoms. The molecule has 0 atom stereocenters. The molecule has 0 aliphatic heterocycles. The van der Waals surface area contributed by atoms with E-state index in [1.54, 1.807) is 0 Å². The minimum absolute atomic E-state index is 0.0274. The van der Waals surface area contributed by atoms with Crippen LogP contribution in [0.15, 0.2) is 35.3 Å². The number of hydrogen-bond acceptors (Lipinski definition) is 3. The van der Waals surface area contributed by atoms with Crippen LogP contribution >= 0.6 is 11.6 Å². The maximum atomic E-state index is 11.3. The quantitative estimate of drug-likeness (QED) is 0.888. The van der Waals surface area contributed by atoms with Gasteiger partial charge in [-0.15, -0.1) is 0 Å². The molecule has 0 fully saturated rings. The highest BCUT2D eigenvalue weighted by Gasteiger charge is 2.06. The highest BCUT2D eigenvalue weighted by Crippen LogP contribution is 2.19. The Morgan fingerprint density at radius 3 is 2.65 bits per heavy atom. The molecule has 20 heavy (non-hydrogen) atoms. The van der Waals surface area contributed by atoms with Crippen LogP contribution in [0.3, 0.4) is 0 Å². The predicted octanol–water partition coefficient (Wildman–Crippen LogP) is 3.34. The first-order valence-corrected chi connectivity index (χ1v) is 7.02. The Bertz CT molecular complexity index is 608. The van der Waals surface area contributed by atoms with Crippen molar-refractivity contribution in [2.45, 2.75) is 32.8 Å². The number of aryl methyl sites for hydroxylation is 1. The lowest BCUT2D eigenvalue weighted by atomic mass is 10.1. The zero-order valence-electron chi connectivity index (χ0n) is 11.4. The summed E-state index contributed by atoms with van der Waals surface area (Å²) in [5.74, 6) is 0.297. The number of aromatic nitrogens is 2. The Morgan fingerprint density at radius 2 is 1.95 bits per heavy atom. The van der Waals surface area contributed by atoms with Gasteiger partial charge in [0.15, 0.2) is 10.8 Å². The Hall–Kier alpha value is -1.81. The number of H-pyrrole nitrogens is 1. The minimum Gasteiger partial charge on any atom is -0.485 e. The first-order chi connectivity index (χ1) is 9.70. The van der Waals surface area contributed by atoms with Crippen molar-refractivity contribution < 1.29 is 4.74 Å². The van der Waals surface area contributed by atoms with Crippen molar-refractivity contribution in [1.82, 2.24) is 10.2 Å². The summed E-state index contributed by atoms with van der Waals surface area (Å²) in [5.41, 5.74) is 1.91. The highest BCUT2D eigenvalue weighted by atomic mass is 35.5. The van der Waals surface area contributed by atoms with Crippen LogP contribution in [0.4, 0.5) is 0 Å². The van der Waals surface area contributed by atoms with Crippen LogP contribution in [0.5, 0.6) is 5.75 Å². The van der Waals surface area contributed by atoms with Gasteiger partial charge in [0.25, 0.3) is 5.56 Å². The minimum atomic E-state index is -0.445. The molecule has 106 valence electrons. The summed E-state index contributed by atoms with van der Waals surface area (Å²) < 4.78 is 5.51. The number of nitrogens with one attached hydrogen (secondary N) is 1. The van der Waals surface area contributed by atoms with Crippen molar-refractivity contribution in [2.24, 2.45) is 0 Å². The normalized spacial score (nSPS) is 10.5. The number of unbranched alkanes of at least 4 members (excludes halogenated alkanes) is 1. The second kappa shape index (κ2) is 7.10. The lowest BCUT2D eigenvalue weighted by Gasteiger charge is -2.07. The molecule has 0 amide bonds. The molecular weight excluding hydrogens is 276 g/mol. The lowest BCUT2D eigenvalue weighted by Crippen LogP contribution is -2.10. The molecule has 1 heterocycles. The van der Waals surface area contributed by atoms with Crippen molar-refractivity contribution in [3.8, 4) is 5.75 Å². The molecule has 1 aromatic heterocycles. The molecule has 0 aliphatic carbocycles. The molecule has 1 N–H and O–H groups in total. The molecule has 0 radical (unpaired) electrons. The van der Waals surface area contributed by atoms with Gasteiger partial charge in [-0.3, -0.25) is 4.79 Å².